The molecule has 0 saturated heterocycles. The van der Waals surface area contributed by atoms with Crippen molar-refractivity contribution in [2.75, 3.05) is 0 Å². The number of nitriles is 1. The Morgan fingerprint density at radius 2 is 1.91 bits per heavy atom. The zero-order valence-corrected chi connectivity index (χ0v) is 7.31. The number of hydrogen-bond donors (Lipinski definition) is 0. The van der Waals surface area contributed by atoms with E-state index in [-0.39, 0.29) is 0 Å². The zero-order valence-electron chi connectivity index (χ0n) is 7.31. The van der Waals surface area contributed by atoms with Crippen molar-refractivity contribution in [3.63, 3.8) is 0 Å². The molecule has 0 aliphatic heterocycles. The van der Waals surface area contributed by atoms with E-state index in [0.29, 0.717) is 0 Å². The summed E-state index contributed by atoms with van der Waals surface area (Å²) >= 11 is 0. The van der Waals surface area contributed by atoms with Crippen LogP contribution in [0.25, 0.3) is 0 Å². The molecule has 0 radical (unpaired) electrons. The summed E-state index contributed by atoms with van der Waals surface area (Å²) in [5.41, 5.74) is 2.77. The summed E-state index contributed by atoms with van der Waals surface area (Å²) in [6.45, 7) is 9.34. The molecule has 0 aromatic rings. The minimum absolute atomic E-state index is 0.755. The minimum atomic E-state index is 0.755. The first kappa shape index (κ1) is 9.71. The molecule has 0 rings (SSSR count). The highest BCUT2D eigenvalue weighted by Gasteiger charge is 1.98. The van der Waals surface area contributed by atoms with E-state index in [1.165, 1.54) is 0 Å². The Bertz CT molecular complexity index is 245. The zero-order chi connectivity index (χ0) is 8.85. The van der Waals surface area contributed by atoms with Gasteiger partial charge in [-0.05, 0) is 26.3 Å². The van der Waals surface area contributed by atoms with E-state index in [4.69, 9.17) is 5.26 Å². The Hall–Kier alpha value is -1.29. The van der Waals surface area contributed by atoms with Crippen molar-refractivity contribution in [2.45, 2.75) is 20.8 Å². The van der Waals surface area contributed by atoms with Crippen molar-refractivity contribution in [3.05, 3.63) is 35.5 Å². The fraction of sp³-hybridized carbons (Fsp3) is 0.300. The Kier molecular flexibility index (Phi) is 3.98. The van der Waals surface area contributed by atoms with Crippen molar-refractivity contribution in [3.8, 4) is 6.07 Å². The van der Waals surface area contributed by atoms with Crippen molar-refractivity contribution in [2.24, 2.45) is 0 Å². The lowest BCUT2D eigenvalue weighted by Gasteiger charge is -1.98. The summed E-state index contributed by atoms with van der Waals surface area (Å²) in [6.07, 6.45) is 3.53. The molecule has 1 heteroatoms. The largest absolute Gasteiger partial charge is 0.192 e. The van der Waals surface area contributed by atoms with E-state index in [1.54, 1.807) is 6.08 Å². The lowest BCUT2D eigenvalue weighted by Crippen LogP contribution is -1.84. The van der Waals surface area contributed by atoms with Crippen molar-refractivity contribution in [1.82, 2.24) is 0 Å². The molecule has 0 amide bonds. The Morgan fingerprint density at radius 3 is 2.18 bits per heavy atom. The Morgan fingerprint density at radius 1 is 1.36 bits per heavy atom. The molecular formula is C10H13N. The van der Waals surface area contributed by atoms with Gasteiger partial charge in [-0.2, -0.15) is 5.26 Å². The molecule has 0 aromatic heterocycles. The number of nitrogens with zero attached hydrogens (tertiary/aromatic N) is 1. The molecule has 1 nitrogen and oxygen atoms in total. The summed E-state index contributed by atoms with van der Waals surface area (Å²) in [7, 11) is 0. The highest BCUT2D eigenvalue weighted by atomic mass is 14.2. The third kappa shape index (κ3) is 2.86. The normalized spacial score (nSPS) is 10.2. The van der Waals surface area contributed by atoms with E-state index >= 15 is 0 Å². The maximum Gasteiger partial charge on any atom is 0.0993 e. The van der Waals surface area contributed by atoms with E-state index in [2.05, 4.69) is 12.6 Å². The van der Waals surface area contributed by atoms with Crippen LogP contribution in [-0.2, 0) is 0 Å². The molecule has 0 aromatic carbocycles. The smallest absolute Gasteiger partial charge is 0.0993 e. The topological polar surface area (TPSA) is 23.8 Å². The van der Waals surface area contributed by atoms with Crippen molar-refractivity contribution < 1.29 is 0 Å². The van der Waals surface area contributed by atoms with Gasteiger partial charge in [0.1, 0.15) is 0 Å². The lowest BCUT2D eigenvalue weighted by molar-refractivity contribution is 1.28. The number of allylic oxidation sites excluding steroid dienone is 5. The molecule has 58 valence electrons. The van der Waals surface area contributed by atoms with Crippen LogP contribution in [0.3, 0.4) is 0 Å². The van der Waals surface area contributed by atoms with Crippen molar-refractivity contribution >= 4 is 0 Å². The maximum absolute atomic E-state index is 8.71. The molecule has 0 aliphatic rings. The van der Waals surface area contributed by atoms with Crippen LogP contribution >= 0.6 is 0 Å². The van der Waals surface area contributed by atoms with Gasteiger partial charge < -0.3 is 0 Å². The fourth-order valence-electron chi connectivity index (χ4n) is 0.854. The van der Waals surface area contributed by atoms with Gasteiger partial charge in [-0.1, -0.05) is 24.3 Å². The van der Waals surface area contributed by atoms with Crippen molar-refractivity contribution in [1.29, 1.82) is 5.26 Å². The first-order chi connectivity index (χ1) is 5.13. The van der Waals surface area contributed by atoms with Gasteiger partial charge in [-0.15, -0.1) is 0 Å². The van der Waals surface area contributed by atoms with Gasteiger partial charge in [0, 0.05) is 0 Å². The average molecular weight is 147 g/mol. The molecule has 11 heavy (non-hydrogen) atoms. The summed E-state index contributed by atoms with van der Waals surface area (Å²) in [4.78, 5) is 0. The van der Waals surface area contributed by atoms with Gasteiger partial charge in [-0.3, -0.25) is 0 Å². The van der Waals surface area contributed by atoms with Gasteiger partial charge in [0.2, 0.25) is 0 Å². The molecule has 0 saturated carbocycles. The second kappa shape index (κ2) is 4.51. The van der Waals surface area contributed by atoms with Crippen LogP contribution < -0.4 is 0 Å². The molecule has 0 spiro atoms. The third-order valence-corrected chi connectivity index (χ3v) is 1.37. The molecule has 0 atom stereocenters. The van der Waals surface area contributed by atoms with Gasteiger partial charge in [0.25, 0.3) is 0 Å². The molecule has 0 bridgehead atoms. The summed E-state index contributed by atoms with van der Waals surface area (Å²) in [5.74, 6) is 0. The minimum Gasteiger partial charge on any atom is -0.192 e. The number of hydrogen-bond acceptors (Lipinski definition) is 1. The van der Waals surface area contributed by atoms with E-state index in [1.807, 2.05) is 26.8 Å². The van der Waals surface area contributed by atoms with Crippen LogP contribution in [0, 0.1) is 11.3 Å². The fourth-order valence-corrected chi connectivity index (χ4v) is 0.854. The highest BCUT2D eigenvalue weighted by Crippen LogP contribution is 2.12. The average Bonchev–Trinajstić information content (AvgIpc) is 1.88. The molecule has 0 N–H and O–H groups in total. The van der Waals surface area contributed by atoms with E-state index < -0.39 is 0 Å². The molecule has 0 aliphatic carbocycles. The maximum atomic E-state index is 8.71. The SMILES string of the molecule is C=CC=C(C)C(C#N)=C(C)C. The second-order valence-corrected chi connectivity index (χ2v) is 2.57. The lowest BCUT2D eigenvalue weighted by atomic mass is 10.0. The Balaban J connectivity index is 4.86. The predicted molar refractivity (Wildman–Crippen MR) is 47.9 cm³/mol. The predicted octanol–water partition coefficient (Wildman–Crippen LogP) is 2.98. The third-order valence-electron chi connectivity index (χ3n) is 1.37. The highest BCUT2D eigenvalue weighted by molar-refractivity contribution is 5.44. The van der Waals surface area contributed by atoms with Gasteiger partial charge in [0.05, 0.1) is 11.6 Å². The van der Waals surface area contributed by atoms with E-state index in [0.717, 1.165) is 16.7 Å². The Labute approximate surface area is 68.3 Å². The van der Waals surface area contributed by atoms with Crippen LogP contribution in [0.2, 0.25) is 0 Å². The summed E-state index contributed by atoms with van der Waals surface area (Å²) < 4.78 is 0. The van der Waals surface area contributed by atoms with Crippen LogP contribution in [0.5, 0.6) is 0 Å². The summed E-state index contributed by atoms with van der Waals surface area (Å²) in [6, 6.07) is 2.15. The molecular weight excluding hydrogens is 134 g/mol. The second-order valence-electron chi connectivity index (χ2n) is 2.57. The van der Waals surface area contributed by atoms with Gasteiger partial charge in [0.15, 0.2) is 0 Å². The van der Waals surface area contributed by atoms with Crippen LogP contribution in [-0.4, -0.2) is 0 Å². The van der Waals surface area contributed by atoms with E-state index in [9.17, 15) is 0 Å². The van der Waals surface area contributed by atoms with Gasteiger partial charge >= 0.3 is 0 Å². The van der Waals surface area contributed by atoms with Crippen LogP contribution in [0.15, 0.2) is 35.5 Å². The van der Waals surface area contributed by atoms with Gasteiger partial charge in [-0.25, -0.2) is 0 Å². The standard InChI is InChI=1S/C10H13N/c1-5-6-9(4)10(7-11)8(2)3/h5-6H,1H2,2-4H3. The molecule has 0 fully saturated rings. The quantitative estimate of drug-likeness (QED) is 0.435. The summed E-state index contributed by atoms with van der Waals surface area (Å²) in [5, 5.41) is 8.71. The van der Waals surface area contributed by atoms with Crippen LogP contribution in [0.1, 0.15) is 20.8 Å². The van der Waals surface area contributed by atoms with Crippen LogP contribution in [0.4, 0.5) is 0 Å². The first-order valence-electron chi connectivity index (χ1n) is 3.50. The molecule has 0 unspecified atom stereocenters. The monoisotopic (exact) mass is 147 g/mol. The first-order valence-corrected chi connectivity index (χ1v) is 3.50. The number of rotatable bonds is 2. The molecule has 0 heterocycles.